The van der Waals surface area contributed by atoms with Crippen LogP contribution in [0, 0.1) is 0 Å². The summed E-state index contributed by atoms with van der Waals surface area (Å²) in [6.45, 7) is 1.43. The molecular formula is C12H15Cl2N3OS. The zero-order valence-electron chi connectivity index (χ0n) is 10.5. The summed E-state index contributed by atoms with van der Waals surface area (Å²) in [4.78, 5) is 0. The molecule has 1 aromatic rings. The van der Waals surface area contributed by atoms with Crippen molar-refractivity contribution in [3.63, 3.8) is 0 Å². The van der Waals surface area contributed by atoms with Crippen LogP contribution in [0.2, 0.25) is 10.0 Å². The topological polar surface area (TPSA) is 45.6 Å². The lowest BCUT2D eigenvalue weighted by Crippen LogP contribution is -2.33. The van der Waals surface area contributed by atoms with E-state index in [1.807, 2.05) is 6.07 Å². The van der Waals surface area contributed by atoms with E-state index in [1.54, 1.807) is 25.5 Å². The first-order valence-corrected chi connectivity index (χ1v) is 6.81. The summed E-state index contributed by atoms with van der Waals surface area (Å²) in [6.07, 6.45) is 2.50. The van der Waals surface area contributed by atoms with Gasteiger partial charge < -0.3 is 10.1 Å². The van der Waals surface area contributed by atoms with Gasteiger partial charge in [0.15, 0.2) is 5.11 Å². The highest BCUT2D eigenvalue weighted by Crippen LogP contribution is 2.21. The summed E-state index contributed by atoms with van der Waals surface area (Å²) < 4.78 is 4.93. The van der Waals surface area contributed by atoms with E-state index in [0.29, 0.717) is 21.8 Å². The van der Waals surface area contributed by atoms with E-state index in [4.69, 9.17) is 40.2 Å². The first-order valence-electron chi connectivity index (χ1n) is 5.64. The van der Waals surface area contributed by atoms with Crippen LogP contribution in [0.25, 0.3) is 0 Å². The Balaban J connectivity index is 2.32. The molecule has 4 nitrogen and oxygen atoms in total. The van der Waals surface area contributed by atoms with Crippen LogP contribution in [0.1, 0.15) is 12.0 Å². The highest BCUT2D eigenvalue weighted by Gasteiger charge is 1.97. The van der Waals surface area contributed by atoms with Crippen molar-refractivity contribution in [2.24, 2.45) is 5.10 Å². The largest absolute Gasteiger partial charge is 0.385 e. The molecule has 2 N–H and O–H groups in total. The van der Waals surface area contributed by atoms with Crippen LogP contribution in [0.15, 0.2) is 23.3 Å². The SMILES string of the molecule is COCCCNC(=S)N/N=C\c1ccc(Cl)c(Cl)c1. The molecule has 0 saturated heterocycles. The Morgan fingerprint density at radius 3 is 2.89 bits per heavy atom. The van der Waals surface area contributed by atoms with Crippen LogP contribution in [0.5, 0.6) is 0 Å². The van der Waals surface area contributed by atoms with Crippen molar-refractivity contribution < 1.29 is 4.74 Å². The molecule has 0 bridgehead atoms. The van der Waals surface area contributed by atoms with Gasteiger partial charge in [-0.3, -0.25) is 5.43 Å². The van der Waals surface area contributed by atoms with Gasteiger partial charge in [-0.2, -0.15) is 5.10 Å². The normalized spacial score (nSPS) is 10.7. The lowest BCUT2D eigenvalue weighted by molar-refractivity contribution is 0.195. The smallest absolute Gasteiger partial charge is 0.186 e. The van der Waals surface area contributed by atoms with Crippen LogP contribution in [-0.4, -0.2) is 31.6 Å². The minimum Gasteiger partial charge on any atom is -0.385 e. The third-order valence-corrected chi connectivity index (χ3v) is 3.11. The Morgan fingerprint density at radius 1 is 1.42 bits per heavy atom. The first-order chi connectivity index (χ1) is 9.13. The Bertz CT molecular complexity index is 455. The second-order valence-electron chi connectivity index (χ2n) is 3.65. The zero-order valence-corrected chi connectivity index (χ0v) is 12.8. The number of halogens is 2. The monoisotopic (exact) mass is 319 g/mol. The van der Waals surface area contributed by atoms with Gasteiger partial charge >= 0.3 is 0 Å². The molecule has 7 heteroatoms. The van der Waals surface area contributed by atoms with Gasteiger partial charge in [-0.15, -0.1) is 0 Å². The molecule has 104 valence electrons. The van der Waals surface area contributed by atoms with Gasteiger partial charge in [0.2, 0.25) is 0 Å². The minimum absolute atomic E-state index is 0.465. The van der Waals surface area contributed by atoms with Crippen LogP contribution >= 0.6 is 35.4 Å². The molecule has 0 heterocycles. The fourth-order valence-electron chi connectivity index (χ4n) is 1.22. The fraction of sp³-hybridized carbons (Fsp3) is 0.333. The Morgan fingerprint density at radius 2 is 2.21 bits per heavy atom. The number of thiocarbonyl (C=S) groups is 1. The zero-order chi connectivity index (χ0) is 14.1. The fourth-order valence-corrected chi connectivity index (χ4v) is 1.68. The van der Waals surface area contributed by atoms with Gasteiger partial charge in [0.25, 0.3) is 0 Å². The molecule has 0 radical (unpaired) electrons. The highest BCUT2D eigenvalue weighted by atomic mass is 35.5. The maximum atomic E-state index is 5.89. The molecule has 0 aliphatic rings. The molecular weight excluding hydrogens is 305 g/mol. The van der Waals surface area contributed by atoms with E-state index >= 15 is 0 Å². The molecule has 1 aromatic carbocycles. The number of rotatable bonds is 6. The van der Waals surface area contributed by atoms with Crippen LogP contribution in [-0.2, 0) is 4.74 Å². The lowest BCUT2D eigenvalue weighted by atomic mass is 10.2. The van der Waals surface area contributed by atoms with Gasteiger partial charge in [0.05, 0.1) is 16.3 Å². The minimum atomic E-state index is 0.465. The number of hydrogen-bond donors (Lipinski definition) is 2. The van der Waals surface area contributed by atoms with Crippen molar-refractivity contribution >= 4 is 46.7 Å². The van der Waals surface area contributed by atoms with Gasteiger partial charge in [-0.05, 0) is 36.3 Å². The number of ether oxygens (including phenoxy) is 1. The van der Waals surface area contributed by atoms with E-state index < -0.39 is 0 Å². The van der Waals surface area contributed by atoms with Gasteiger partial charge in [0.1, 0.15) is 0 Å². The molecule has 0 aliphatic carbocycles. The number of benzene rings is 1. The van der Waals surface area contributed by atoms with Crippen LogP contribution in [0.3, 0.4) is 0 Å². The second-order valence-corrected chi connectivity index (χ2v) is 4.87. The van der Waals surface area contributed by atoms with Crippen molar-refractivity contribution in [2.45, 2.75) is 6.42 Å². The Kier molecular flexibility index (Phi) is 7.74. The summed E-state index contributed by atoms with van der Waals surface area (Å²) >= 11 is 16.7. The maximum Gasteiger partial charge on any atom is 0.186 e. The molecule has 0 aliphatic heterocycles. The number of nitrogens with one attached hydrogen (secondary N) is 2. The molecule has 0 atom stereocenters. The third-order valence-electron chi connectivity index (χ3n) is 2.13. The van der Waals surface area contributed by atoms with Gasteiger partial charge in [-0.25, -0.2) is 0 Å². The molecule has 19 heavy (non-hydrogen) atoms. The predicted molar refractivity (Wildman–Crippen MR) is 84.3 cm³/mol. The quantitative estimate of drug-likeness (QED) is 0.366. The number of methoxy groups -OCH3 is 1. The summed E-state index contributed by atoms with van der Waals surface area (Å²) in [6, 6.07) is 5.26. The Labute approximate surface area is 128 Å². The van der Waals surface area contributed by atoms with E-state index in [1.165, 1.54) is 0 Å². The molecule has 0 spiro atoms. The van der Waals surface area contributed by atoms with Crippen LogP contribution in [0.4, 0.5) is 0 Å². The van der Waals surface area contributed by atoms with Crippen molar-refractivity contribution in [3.05, 3.63) is 33.8 Å². The summed E-state index contributed by atoms with van der Waals surface area (Å²) in [5, 5.41) is 8.48. The predicted octanol–water partition coefficient (Wildman–Crippen LogP) is 2.83. The second kappa shape index (κ2) is 9.09. The molecule has 1 rings (SSSR count). The maximum absolute atomic E-state index is 5.89. The van der Waals surface area contributed by atoms with Crippen molar-refractivity contribution in [3.8, 4) is 0 Å². The van der Waals surface area contributed by atoms with E-state index in [-0.39, 0.29) is 0 Å². The van der Waals surface area contributed by atoms with E-state index in [9.17, 15) is 0 Å². The average molecular weight is 320 g/mol. The standard InChI is InChI=1S/C12H15Cl2N3OS/c1-18-6-2-5-15-12(19)17-16-8-9-3-4-10(13)11(14)7-9/h3-4,7-8H,2,5-6H2,1H3,(H2,15,17,19)/b16-8-. The summed E-state index contributed by atoms with van der Waals surface area (Å²) in [7, 11) is 1.66. The molecule has 0 unspecified atom stereocenters. The number of nitrogens with zero attached hydrogens (tertiary/aromatic N) is 1. The van der Waals surface area contributed by atoms with Gasteiger partial charge in [-0.1, -0.05) is 29.3 Å². The number of hydrazone groups is 1. The summed E-state index contributed by atoms with van der Waals surface area (Å²) in [5.41, 5.74) is 3.55. The summed E-state index contributed by atoms with van der Waals surface area (Å²) in [5.74, 6) is 0. The third kappa shape index (κ3) is 6.73. The molecule has 0 aromatic heterocycles. The molecule has 0 fully saturated rings. The first kappa shape index (κ1) is 16.2. The Hall–Kier alpha value is -0.880. The van der Waals surface area contributed by atoms with Crippen molar-refractivity contribution in [1.82, 2.24) is 10.7 Å². The molecule has 0 amide bonds. The lowest BCUT2D eigenvalue weighted by Gasteiger charge is -2.06. The van der Waals surface area contributed by atoms with Crippen molar-refractivity contribution in [2.75, 3.05) is 20.3 Å². The number of hydrogen-bond acceptors (Lipinski definition) is 3. The van der Waals surface area contributed by atoms with Crippen LogP contribution < -0.4 is 10.7 Å². The van der Waals surface area contributed by atoms with E-state index in [0.717, 1.165) is 18.5 Å². The molecule has 0 saturated carbocycles. The van der Waals surface area contributed by atoms with E-state index in [2.05, 4.69) is 15.8 Å². The van der Waals surface area contributed by atoms with Crippen molar-refractivity contribution in [1.29, 1.82) is 0 Å². The average Bonchev–Trinajstić information content (AvgIpc) is 2.39. The van der Waals surface area contributed by atoms with Gasteiger partial charge in [0, 0.05) is 20.3 Å². The highest BCUT2D eigenvalue weighted by molar-refractivity contribution is 7.80.